The standard InChI is InChI=1S/C14H12N2O5S/c1-2-21-13(19)8-3-5-9(6-4-8)15-11(17)7-10-12(18)16-14(20)22-10/h3-7H,2H2,1H3,(H,15,17)(H,16,18,20). The molecule has 7 nitrogen and oxygen atoms in total. The zero-order chi connectivity index (χ0) is 16.1. The highest BCUT2D eigenvalue weighted by Crippen LogP contribution is 2.22. The first-order valence-electron chi connectivity index (χ1n) is 6.32. The minimum absolute atomic E-state index is 0.0330. The maximum atomic E-state index is 11.8. The third kappa shape index (κ3) is 3.95. The van der Waals surface area contributed by atoms with E-state index in [1.165, 1.54) is 24.3 Å². The Bertz CT molecular complexity index is 666. The Morgan fingerprint density at radius 3 is 2.50 bits per heavy atom. The predicted octanol–water partition coefficient (Wildman–Crippen LogP) is 1.67. The molecule has 3 amide bonds. The van der Waals surface area contributed by atoms with Crippen LogP contribution in [0.15, 0.2) is 35.2 Å². The van der Waals surface area contributed by atoms with Crippen molar-refractivity contribution in [3.63, 3.8) is 0 Å². The third-order valence-electron chi connectivity index (χ3n) is 2.57. The second-order valence-electron chi connectivity index (χ2n) is 4.14. The normalized spacial score (nSPS) is 15.6. The molecule has 8 heteroatoms. The molecule has 1 aromatic carbocycles. The van der Waals surface area contributed by atoms with Gasteiger partial charge >= 0.3 is 5.97 Å². The summed E-state index contributed by atoms with van der Waals surface area (Å²) in [6.07, 6.45) is 1.05. The highest BCUT2D eigenvalue weighted by molar-refractivity contribution is 8.18. The zero-order valence-corrected chi connectivity index (χ0v) is 12.4. The number of rotatable bonds is 4. The molecule has 114 valence electrons. The van der Waals surface area contributed by atoms with Gasteiger partial charge < -0.3 is 10.1 Å². The highest BCUT2D eigenvalue weighted by atomic mass is 32.2. The van der Waals surface area contributed by atoms with Gasteiger partial charge in [0.05, 0.1) is 17.1 Å². The Labute approximate surface area is 130 Å². The molecule has 0 radical (unpaired) electrons. The Balaban J connectivity index is 2.00. The first-order valence-corrected chi connectivity index (χ1v) is 7.14. The van der Waals surface area contributed by atoms with Crippen LogP contribution in [0.2, 0.25) is 0 Å². The molecular formula is C14H12N2O5S. The van der Waals surface area contributed by atoms with Gasteiger partial charge in [0.15, 0.2) is 0 Å². The van der Waals surface area contributed by atoms with Crippen LogP contribution in [0.1, 0.15) is 17.3 Å². The number of anilines is 1. The van der Waals surface area contributed by atoms with Gasteiger partial charge in [-0.3, -0.25) is 19.7 Å². The van der Waals surface area contributed by atoms with Crippen LogP contribution in [0, 0.1) is 0 Å². The van der Waals surface area contributed by atoms with Crippen molar-refractivity contribution in [2.45, 2.75) is 6.92 Å². The number of nitrogens with one attached hydrogen (secondary N) is 2. The SMILES string of the molecule is CCOC(=O)c1ccc(NC(=O)C=C2SC(=O)NC2=O)cc1. The lowest BCUT2D eigenvalue weighted by Gasteiger charge is -2.04. The van der Waals surface area contributed by atoms with E-state index < -0.39 is 23.0 Å². The first-order chi connectivity index (χ1) is 10.5. The number of imide groups is 1. The molecule has 0 atom stereocenters. The Morgan fingerprint density at radius 1 is 1.27 bits per heavy atom. The lowest BCUT2D eigenvalue weighted by molar-refractivity contribution is -0.116. The molecule has 0 aromatic heterocycles. The molecule has 1 aliphatic rings. The smallest absolute Gasteiger partial charge is 0.338 e. The van der Waals surface area contributed by atoms with E-state index in [0.29, 0.717) is 23.0 Å². The summed E-state index contributed by atoms with van der Waals surface area (Å²) in [6, 6.07) is 6.11. The number of amides is 3. The summed E-state index contributed by atoms with van der Waals surface area (Å²) in [5, 5.41) is 4.07. The van der Waals surface area contributed by atoms with E-state index in [1.54, 1.807) is 6.92 Å². The molecule has 0 aliphatic carbocycles. The van der Waals surface area contributed by atoms with Crippen LogP contribution >= 0.6 is 11.8 Å². The lowest BCUT2D eigenvalue weighted by Crippen LogP contribution is -2.18. The van der Waals surface area contributed by atoms with Gasteiger partial charge in [0.1, 0.15) is 0 Å². The van der Waals surface area contributed by atoms with Crippen molar-refractivity contribution in [2.75, 3.05) is 11.9 Å². The van der Waals surface area contributed by atoms with E-state index in [2.05, 4.69) is 10.6 Å². The molecule has 0 bridgehead atoms. The van der Waals surface area contributed by atoms with Crippen molar-refractivity contribution in [3.05, 3.63) is 40.8 Å². The fourth-order valence-corrected chi connectivity index (χ4v) is 2.28. The Hall–Kier alpha value is -2.61. The lowest BCUT2D eigenvalue weighted by atomic mass is 10.2. The monoisotopic (exact) mass is 320 g/mol. The molecule has 0 saturated carbocycles. The molecule has 2 rings (SSSR count). The average molecular weight is 320 g/mol. The van der Waals surface area contributed by atoms with Gasteiger partial charge in [0.2, 0.25) is 5.91 Å². The Morgan fingerprint density at radius 2 is 1.95 bits per heavy atom. The van der Waals surface area contributed by atoms with E-state index >= 15 is 0 Å². The number of carbonyl (C=O) groups is 4. The van der Waals surface area contributed by atoms with Gasteiger partial charge in [0.25, 0.3) is 11.1 Å². The average Bonchev–Trinajstić information content (AvgIpc) is 2.77. The number of thioether (sulfide) groups is 1. The minimum Gasteiger partial charge on any atom is -0.462 e. The third-order valence-corrected chi connectivity index (χ3v) is 3.38. The molecule has 1 saturated heterocycles. The van der Waals surface area contributed by atoms with Gasteiger partial charge in [-0.15, -0.1) is 0 Å². The van der Waals surface area contributed by atoms with Crippen LogP contribution in [0.4, 0.5) is 10.5 Å². The van der Waals surface area contributed by atoms with Crippen molar-refractivity contribution >= 4 is 40.5 Å². The van der Waals surface area contributed by atoms with Crippen molar-refractivity contribution in [3.8, 4) is 0 Å². The molecule has 0 unspecified atom stereocenters. The number of benzene rings is 1. The van der Waals surface area contributed by atoms with Crippen molar-refractivity contribution in [1.82, 2.24) is 5.32 Å². The molecule has 1 fully saturated rings. The van der Waals surface area contributed by atoms with Crippen LogP contribution in [0.5, 0.6) is 0 Å². The maximum Gasteiger partial charge on any atom is 0.338 e. The van der Waals surface area contributed by atoms with E-state index in [9.17, 15) is 19.2 Å². The summed E-state index contributed by atoms with van der Waals surface area (Å²) in [5.74, 6) is -1.58. The predicted molar refractivity (Wildman–Crippen MR) is 80.2 cm³/mol. The van der Waals surface area contributed by atoms with E-state index in [1.807, 2.05) is 0 Å². The van der Waals surface area contributed by atoms with Gasteiger partial charge in [-0.1, -0.05) is 0 Å². The largest absolute Gasteiger partial charge is 0.462 e. The molecule has 2 N–H and O–H groups in total. The van der Waals surface area contributed by atoms with Gasteiger partial charge in [-0.2, -0.15) is 0 Å². The van der Waals surface area contributed by atoms with E-state index in [-0.39, 0.29) is 11.5 Å². The number of hydrogen-bond donors (Lipinski definition) is 2. The molecule has 1 aromatic rings. The summed E-state index contributed by atoms with van der Waals surface area (Å²) >= 11 is 0.664. The topological polar surface area (TPSA) is 102 Å². The van der Waals surface area contributed by atoms with Crippen LogP contribution in [-0.4, -0.2) is 29.6 Å². The zero-order valence-electron chi connectivity index (χ0n) is 11.5. The molecule has 0 spiro atoms. The summed E-state index contributed by atoms with van der Waals surface area (Å²) in [7, 11) is 0. The van der Waals surface area contributed by atoms with Gasteiger partial charge in [0, 0.05) is 11.8 Å². The molecule has 1 heterocycles. The van der Waals surface area contributed by atoms with E-state index in [0.717, 1.165) is 6.08 Å². The number of carbonyl (C=O) groups excluding carboxylic acids is 4. The number of hydrogen-bond acceptors (Lipinski definition) is 6. The second kappa shape index (κ2) is 6.90. The van der Waals surface area contributed by atoms with Gasteiger partial charge in [-0.25, -0.2) is 4.79 Å². The summed E-state index contributed by atoms with van der Waals surface area (Å²) in [4.78, 5) is 45.5. The van der Waals surface area contributed by atoms with Gasteiger partial charge in [-0.05, 0) is 43.0 Å². The highest BCUT2D eigenvalue weighted by Gasteiger charge is 2.25. The van der Waals surface area contributed by atoms with E-state index in [4.69, 9.17) is 4.74 Å². The second-order valence-corrected chi connectivity index (χ2v) is 5.15. The van der Waals surface area contributed by atoms with Crippen LogP contribution in [-0.2, 0) is 14.3 Å². The minimum atomic E-state index is -0.595. The van der Waals surface area contributed by atoms with Crippen LogP contribution < -0.4 is 10.6 Å². The van der Waals surface area contributed by atoms with Crippen LogP contribution in [0.25, 0.3) is 0 Å². The molecular weight excluding hydrogens is 308 g/mol. The summed E-state index contributed by atoms with van der Waals surface area (Å²) in [5.41, 5.74) is 0.819. The molecule has 22 heavy (non-hydrogen) atoms. The fraction of sp³-hybridized carbons (Fsp3) is 0.143. The van der Waals surface area contributed by atoms with Crippen molar-refractivity contribution in [1.29, 1.82) is 0 Å². The first kappa shape index (κ1) is 15.8. The quantitative estimate of drug-likeness (QED) is 0.646. The Kier molecular flexibility index (Phi) is 4.95. The number of esters is 1. The fourth-order valence-electron chi connectivity index (χ4n) is 1.62. The summed E-state index contributed by atoms with van der Waals surface area (Å²) < 4.78 is 4.84. The molecule has 1 aliphatic heterocycles. The van der Waals surface area contributed by atoms with Crippen molar-refractivity contribution < 1.29 is 23.9 Å². The maximum absolute atomic E-state index is 11.8. The summed E-state index contributed by atoms with van der Waals surface area (Å²) in [6.45, 7) is 1.99. The number of ether oxygens (including phenoxy) is 1. The van der Waals surface area contributed by atoms with Crippen molar-refractivity contribution in [2.24, 2.45) is 0 Å². The van der Waals surface area contributed by atoms with Crippen LogP contribution in [0.3, 0.4) is 0 Å².